The van der Waals surface area contributed by atoms with Gasteiger partial charge in [0, 0.05) is 0 Å². The average molecular weight is 271 g/mol. The summed E-state index contributed by atoms with van der Waals surface area (Å²) in [5, 5.41) is 0. The zero-order valence-electron chi connectivity index (χ0n) is 7.61. The first-order valence-electron chi connectivity index (χ1n) is 3.71. The number of alkyl halides is 2. The van der Waals surface area contributed by atoms with Crippen LogP contribution in [0.3, 0.4) is 0 Å². The van der Waals surface area contributed by atoms with Gasteiger partial charge in [0.05, 0.1) is 0 Å². The molecule has 0 rings (SSSR count). The molecule has 0 fully saturated rings. The molecule has 2 nitrogen and oxygen atoms in total. The predicted octanol–water partition coefficient (Wildman–Crippen LogP) is -1.56. The van der Waals surface area contributed by atoms with Crippen LogP contribution in [0.4, 0.5) is 0 Å². The van der Waals surface area contributed by atoms with Gasteiger partial charge in [-0.2, -0.15) is 0 Å². The molecule has 0 atom stereocenters. The Morgan fingerprint density at radius 1 is 1.45 bits per heavy atom. The normalized spacial score (nSPS) is 11.6. The standard InChI is InChI=1S/C8H16IO2/c1-5-9-6-7(10)11-8(2,3)4/h5-6H2,1-4H3/q-1. The fraction of sp³-hybridized carbons (Fsp3) is 0.875. The summed E-state index contributed by atoms with van der Waals surface area (Å²) in [4.78, 5) is 11.0. The van der Waals surface area contributed by atoms with E-state index in [1.807, 2.05) is 20.8 Å². The van der Waals surface area contributed by atoms with Crippen LogP contribution in [0.15, 0.2) is 0 Å². The first kappa shape index (κ1) is 11.2. The van der Waals surface area contributed by atoms with E-state index in [9.17, 15) is 4.79 Å². The van der Waals surface area contributed by atoms with E-state index in [0.717, 1.165) is 4.43 Å². The molecular weight excluding hydrogens is 255 g/mol. The third-order valence-corrected chi connectivity index (χ3v) is 3.05. The summed E-state index contributed by atoms with van der Waals surface area (Å²) in [5.41, 5.74) is -0.311. The van der Waals surface area contributed by atoms with Crippen LogP contribution in [-0.2, 0) is 9.53 Å². The molecular formula is C8H16IO2-. The molecule has 0 aromatic carbocycles. The van der Waals surface area contributed by atoms with E-state index in [2.05, 4.69) is 6.92 Å². The SMILES string of the molecule is CC[I-]CC(=O)OC(C)(C)C. The summed E-state index contributed by atoms with van der Waals surface area (Å²) < 4.78 is 6.94. The van der Waals surface area contributed by atoms with Gasteiger partial charge in [0.25, 0.3) is 0 Å². The van der Waals surface area contributed by atoms with Crippen molar-refractivity contribution in [3.63, 3.8) is 0 Å². The van der Waals surface area contributed by atoms with Gasteiger partial charge < -0.3 is 0 Å². The second-order valence-electron chi connectivity index (χ2n) is 3.18. The van der Waals surface area contributed by atoms with E-state index >= 15 is 0 Å². The van der Waals surface area contributed by atoms with Gasteiger partial charge >= 0.3 is 78.9 Å². The van der Waals surface area contributed by atoms with Gasteiger partial charge in [-0.1, -0.05) is 0 Å². The van der Waals surface area contributed by atoms with Crippen LogP contribution in [0.2, 0.25) is 0 Å². The molecule has 0 bridgehead atoms. The molecule has 0 N–H and O–H groups in total. The van der Waals surface area contributed by atoms with Gasteiger partial charge in [-0.05, 0) is 0 Å². The Labute approximate surface area is 79.0 Å². The van der Waals surface area contributed by atoms with Gasteiger partial charge in [-0.25, -0.2) is 0 Å². The third kappa shape index (κ3) is 8.10. The van der Waals surface area contributed by atoms with Crippen molar-refractivity contribution in [2.75, 3.05) is 8.86 Å². The Morgan fingerprint density at radius 3 is 2.36 bits per heavy atom. The number of ether oxygens (including phenoxy) is 1. The Kier molecular flexibility index (Phi) is 5.04. The van der Waals surface area contributed by atoms with E-state index in [1.165, 1.54) is 0 Å². The fourth-order valence-electron chi connectivity index (χ4n) is 0.540. The second-order valence-corrected chi connectivity index (χ2v) is 6.54. The molecule has 0 heterocycles. The summed E-state index contributed by atoms with van der Waals surface area (Å²) in [6.45, 7) is 7.80. The maximum atomic E-state index is 11.0. The van der Waals surface area contributed by atoms with Gasteiger partial charge in [0.2, 0.25) is 0 Å². The summed E-state index contributed by atoms with van der Waals surface area (Å²) in [7, 11) is 0. The van der Waals surface area contributed by atoms with Crippen molar-refractivity contribution in [1.29, 1.82) is 0 Å². The molecule has 0 amide bonds. The van der Waals surface area contributed by atoms with Crippen molar-refractivity contribution in [2.24, 2.45) is 0 Å². The second kappa shape index (κ2) is 4.95. The molecule has 11 heavy (non-hydrogen) atoms. The number of carbonyl (C=O) groups is 1. The molecule has 0 aliphatic heterocycles. The minimum atomic E-state index is -0.311. The Bertz CT molecular complexity index is 127. The number of esters is 1. The van der Waals surface area contributed by atoms with Crippen LogP contribution >= 0.6 is 0 Å². The molecule has 0 unspecified atom stereocenters. The summed E-state index contributed by atoms with van der Waals surface area (Å²) in [6, 6.07) is 0. The molecule has 0 aliphatic carbocycles. The van der Waals surface area contributed by atoms with E-state index in [0.29, 0.717) is 4.43 Å². The molecule has 0 aromatic heterocycles. The summed E-state index contributed by atoms with van der Waals surface area (Å²) in [6.07, 6.45) is 0. The third-order valence-electron chi connectivity index (χ3n) is 0.813. The Morgan fingerprint density at radius 2 is 2.00 bits per heavy atom. The van der Waals surface area contributed by atoms with Gasteiger partial charge in [0.1, 0.15) is 0 Å². The minimum absolute atomic E-state index is 0.0350. The molecule has 0 aromatic rings. The maximum absolute atomic E-state index is 11.0. The predicted molar refractivity (Wildman–Crippen MR) is 41.3 cm³/mol. The summed E-state index contributed by atoms with van der Waals surface area (Å²) >= 11 is 0.0585. The van der Waals surface area contributed by atoms with Crippen LogP contribution < -0.4 is 21.2 Å². The topological polar surface area (TPSA) is 26.3 Å². The van der Waals surface area contributed by atoms with Crippen LogP contribution in [0.25, 0.3) is 0 Å². The Hall–Kier alpha value is 0.200. The number of hydrogen-bond donors (Lipinski definition) is 0. The van der Waals surface area contributed by atoms with Crippen LogP contribution in [0.5, 0.6) is 0 Å². The van der Waals surface area contributed by atoms with Gasteiger partial charge in [-0.3, -0.25) is 0 Å². The first-order valence-corrected chi connectivity index (χ1v) is 6.76. The van der Waals surface area contributed by atoms with Crippen LogP contribution in [0, 0.1) is 0 Å². The van der Waals surface area contributed by atoms with Gasteiger partial charge in [-0.15, -0.1) is 0 Å². The summed E-state index contributed by atoms with van der Waals surface area (Å²) in [5.74, 6) is -0.0350. The Balaban J connectivity index is 3.53. The van der Waals surface area contributed by atoms with E-state index in [-0.39, 0.29) is 32.8 Å². The molecule has 0 spiro atoms. The molecule has 0 aliphatic rings. The zero-order valence-corrected chi connectivity index (χ0v) is 9.77. The monoisotopic (exact) mass is 271 g/mol. The number of rotatable bonds is 3. The van der Waals surface area contributed by atoms with Crippen molar-refractivity contribution in [3.05, 3.63) is 0 Å². The number of halogens is 1. The number of carbonyl (C=O) groups excluding carboxylic acids is 1. The van der Waals surface area contributed by atoms with Crippen LogP contribution in [-0.4, -0.2) is 20.4 Å². The van der Waals surface area contributed by atoms with Crippen molar-refractivity contribution < 1.29 is 30.7 Å². The van der Waals surface area contributed by atoms with Crippen molar-refractivity contribution in [2.45, 2.75) is 33.3 Å². The van der Waals surface area contributed by atoms with E-state index in [4.69, 9.17) is 4.74 Å². The molecule has 0 radical (unpaired) electrons. The van der Waals surface area contributed by atoms with Crippen molar-refractivity contribution >= 4 is 5.97 Å². The van der Waals surface area contributed by atoms with Crippen LogP contribution in [0.1, 0.15) is 27.7 Å². The molecule has 3 heteroatoms. The first-order chi connectivity index (χ1) is 4.95. The quantitative estimate of drug-likeness (QED) is 0.352. The molecule has 68 valence electrons. The van der Waals surface area contributed by atoms with Gasteiger partial charge in [0.15, 0.2) is 0 Å². The fourth-order valence-corrected chi connectivity index (χ4v) is 1.68. The van der Waals surface area contributed by atoms with E-state index in [1.54, 1.807) is 0 Å². The number of hydrogen-bond acceptors (Lipinski definition) is 2. The zero-order chi connectivity index (χ0) is 8.91. The molecule has 0 saturated carbocycles. The van der Waals surface area contributed by atoms with Crippen molar-refractivity contribution in [1.82, 2.24) is 0 Å². The van der Waals surface area contributed by atoms with E-state index < -0.39 is 0 Å². The average Bonchev–Trinajstić information content (AvgIpc) is 1.79. The molecule has 0 saturated heterocycles. The van der Waals surface area contributed by atoms with Crippen molar-refractivity contribution in [3.8, 4) is 0 Å².